The van der Waals surface area contributed by atoms with Crippen LogP contribution in [-0.2, 0) is 12.0 Å². The molecule has 0 atom stereocenters. The second-order valence-electron chi connectivity index (χ2n) is 4.69. The third-order valence-electron chi connectivity index (χ3n) is 2.31. The van der Waals surface area contributed by atoms with E-state index < -0.39 is 0 Å². The molecule has 0 amide bonds. The second-order valence-corrected chi connectivity index (χ2v) is 4.69. The van der Waals surface area contributed by atoms with Gasteiger partial charge in [-0.2, -0.15) is 0 Å². The SMILES string of the molecule is CC(C)(C)c1nc2c(CO)cccc2o1. The zero-order chi connectivity index (χ0) is 11.1. The van der Waals surface area contributed by atoms with E-state index in [-0.39, 0.29) is 12.0 Å². The van der Waals surface area contributed by atoms with Crippen LogP contribution >= 0.6 is 0 Å². The summed E-state index contributed by atoms with van der Waals surface area (Å²) in [5.74, 6) is 0.707. The normalized spacial score (nSPS) is 12.3. The van der Waals surface area contributed by atoms with E-state index in [4.69, 9.17) is 9.52 Å². The number of aromatic nitrogens is 1. The third-order valence-corrected chi connectivity index (χ3v) is 2.31. The summed E-state index contributed by atoms with van der Waals surface area (Å²) in [5.41, 5.74) is 2.22. The zero-order valence-corrected chi connectivity index (χ0v) is 9.24. The Morgan fingerprint density at radius 2 is 2.07 bits per heavy atom. The molecule has 0 aliphatic rings. The molecule has 0 aliphatic heterocycles. The van der Waals surface area contributed by atoms with Crippen LogP contribution in [0.3, 0.4) is 0 Å². The second kappa shape index (κ2) is 3.35. The smallest absolute Gasteiger partial charge is 0.200 e. The monoisotopic (exact) mass is 205 g/mol. The number of nitrogens with zero attached hydrogens (tertiary/aromatic N) is 1. The average Bonchev–Trinajstić information content (AvgIpc) is 2.59. The Morgan fingerprint density at radius 1 is 1.33 bits per heavy atom. The molecule has 1 N–H and O–H groups in total. The van der Waals surface area contributed by atoms with Crippen LogP contribution in [0.1, 0.15) is 32.2 Å². The van der Waals surface area contributed by atoms with Crippen molar-refractivity contribution in [1.29, 1.82) is 0 Å². The van der Waals surface area contributed by atoms with Gasteiger partial charge in [-0.1, -0.05) is 32.9 Å². The van der Waals surface area contributed by atoms with Crippen LogP contribution in [0.2, 0.25) is 0 Å². The van der Waals surface area contributed by atoms with E-state index in [0.717, 1.165) is 16.7 Å². The first-order valence-corrected chi connectivity index (χ1v) is 5.02. The highest BCUT2D eigenvalue weighted by atomic mass is 16.3. The molecule has 0 radical (unpaired) electrons. The fourth-order valence-corrected chi connectivity index (χ4v) is 1.45. The van der Waals surface area contributed by atoms with Gasteiger partial charge in [0.05, 0.1) is 6.61 Å². The first-order valence-electron chi connectivity index (χ1n) is 5.02. The molecule has 1 aromatic heterocycles. The van der Waals surface area contributed by atoms with Crippen LogP contribution in [0.5, 0.6) is 0 Å². The van der Waals surface area contributed by atoms with Crippen LogP contribution in [0, 0.1) is 0 Å². The van der Waals surface area contributed by atoms with Crippen molar-refractivity contribution in [2.24, 2.45) is 0 Å². The summed E-state index contributed by atoms with van der Waals surface area (Å²) in [6.45, 7) is 6.15. The van der Waals surface area contributed by atoms with Crippen molar-refractivity contribution >= 4 is 11.1 Å². The van der Waals surface area contributed by atoms with Crippen LogP contribution in [0.15, 0.2) is 22.6 Å². The van der Waals surface area contributed by atoms with Gasteiger partial charge < -0.3 is 9.52 Å². The number of rotatable bonds is 1. The number of hydrogen-bond donors (Lipinski definition) is 1. The van der Waals surface area contributed by atoms with Gasteiger partial charge in [0.25, 0.3) is 0 Å². The largest absolute Gasteiger partial charge is 0.440 e. The van der Waals surface area contributed by atoms with Crippen LogP contribution in [0.25, 0.3) is 11.1 Å². The minimum Gasteiger partial charge on any atom is -0.440 e. The molecule has 0 bridgehead atoms. The van der Waals surface area contributed by atoms with Crippen LogP contribution < -0.4 is 0 Å². The van der Waals surface area contributed by atoms with E-state index in [0.29, 0.717) is 5.89 Å². The highest BCUT2D eigenvalue weighted by molar-refractivity contribution is 5.76. The topological polar surface area (TPSA) is 46.3 Å². The quantitative estimate of drug-likeness (QED) is 0.778. The van der Waals surface area contributed by atoms with Crippen molar-refractivity contribution in [3.8, 4) is 0 Å². The summed E-state index contributed by atoms with van der Waals surface area (Å²) in [4.78, 5) is 4.43. The molecule has 0 fully saturated rings. The lowest BCUT2D eigenvalue weighted by Gasteiger charge is -2.11. The first-order chi connectivity index (χ1) is 7.02. The lowest BCUT2D eigenvalue weighted by Crippen LogP contribution is -2.11. The summed E-state index contributed by atoms with van der Waals surface area (Å²) in [5, 5.41) is 9.17. The molecule has 1 heterocycles. The molecular weight excluding hydrogens is 190 g/mol. The lowest BCUT2D eigenvalue weighted by atomic mass is 9.97. The maximum Gasteiger partial charge on any atom is 0.200 e. The fraction of sp³-hybridized carbons (Fsp3) is 0.417. The van der Waals surface area contributed by atoms with Crippen LogP contribution in [0.4, 0.5) is 0 Å². The number of aliphatic hydroxyl groups is 1. The van der Waals surface area contributed by atoms with Crippen molar-refractivity contribution in [2.45, 2.75) is 32.8 Å². The maximum absolute atomic E-state index is 9.17. The third kappa shape index (κ3) is 1.75. The molecule has 0 unspecified atom stereocenters. The van der Waals surface area contributed by atoms with Gasteiger partial charge in [0.2, 0.25) is 5.89 Å². The summed E-state index contributed by atoms with van der Waals surface area (Å²) in [6, 6.07) is 5.60. The molecule has 0 saturated heterocycles. The van der Waals surface area contributed by atoms with Crippen molar-refractivity contribution in [3.63, 3.8) is 0 Å². The summed E-state index contributed by atoms with van der Waals surface area (Å²) in [6.07, 6.45) is 0. The van der Waals surface area contributed by atoms with Gasteiger partial charge in [-0.25, -0.2) is 4.98 Å². The molecule has 3 nitrogen and oxygen atoms in total. The summed E-state index contributed by atoms with van der Waals surface area (Å²) >= 11 is 0. The first kappa shape index (κ1) is 10.2. The van der Waals surface area contributed by atoms with Crippen molar-refractivity contribution in [3.05, 3.63) is 29.7 Å². The predicted molar refractivity (Wildman–Crippen MR) is 58.6 cm³/mol. The van der Waals surface area contributed by atoms with E-state index in [1.54, 1.807) is 0 Å². The maximum atomic E-state index is 9.17. The Labute approximate surface area is 88.7 Å². The molecule has 1 aromatic carbocycles. The minimum absolute atomic E-state index is 0.00649. The molecule has 0 spiro atoms. The number of hydrogen-bond acceptors (Lipinski definition) is 3. The molecule has 15 heavy (non-hydrogen) atoms. The molecule has 0 aliphatic carbocycles. The average molecular weight is 205 g/mol. The lowest BCUT2D eigenvalue weighted by molar-refractivity contribution is 0.283. The van der Waals surface area contributed by atoms with Crippen molar-refractivity contribution in [1.82, 2.24) is 4.98 Å². The predicted octanol–water partition coefficient (Wildman–Crippen LogP) is 2.62. The number of oxazole rings is 1. The molecule has 3 heteroatoms. The van der Waals surface area contributed by atoms with Gasteiger partial charge in [0, 0.05) is 11.0 Å². The molecule has 80 valence electrons. The highest BCUT2D eigenvalue weighted by Crippen LogP contribution is 2.27. The highest BCUT2D eigenvalue weighted by Gasteiger charge is 2.21. The minimum atomic E-state index is -0.105. The number of fused-ring (bicyclic) bond motifs is 1. The van der Waals surface area contributed by atoms with Gasteiger partial charge in [-0.15, -0.1) is 0 Å². The summed E-state index contributed by atoms with van der Waals surface area (Å²) < 4.78 is 5.65. The Hall–Kier alpha value is -1.35. The van der Waals surface area contributed by atoms with Crippen molar-refractivity contribution < 1.29 is 9.52 Å². The molecular formula is C12H15NO2. The Kier molecular flexibility index (Phi) is 2.27. The van der Waals surface area contributed by atoms with E-state index in [1.165, 1.54) is 0 Å². The number of para-hydroxylation sites is 1. The standard InChI is InChI=1S/C12H15NO2/c1-12(2,3)11-13-10-8(7-14)5-4-6-9(10)15-11/h4-6,14H,7H2,1-3H3. The van der Waals surface area contributed by atoms with Gasteiger partial charge in [0.1, 0.15) is 5.52 Å². The number of aliphatic hydroxyl groups excluding tert-OH is 1. The van der Waals surface area contributed by atoms with Gasteiger partial charge in [-0.05, 0) is 6.07 Å². The fourth-order valence-electron chi connectivity index (χ4n) is 1.45. The molecule has 2 rings (SSSR count). The zero-order valence-electron chi connectivity index (χ0n) is 9.24. The number of benzene rings is 1. The van der Waals surface area contributed by atoms with E-state index in [2.05, 4.69) is 25.8 Å². The van der Waals surface area contributed by atoms with Crippen LogP contribution in [-0.4, -0.2) is 10.1 Å². The Morgan fingerprint density at radius 3 is 2.67 bits per heavy atom. The van der Waals surface area contributed by atoms with E-state index >= 15 is 0 Å². The molecule has 0 saturated carbocycles. The Bertz CT molecular complexity index is 480. The van der Waals surface area contributed by atoms with Crippen molar-refractivity contribution in [2.75, 3.05) is 0 Å². The Balaban J connectivity index is 2.65. The molecule has 2 aromatic rings. The van der Waals surface area contributed by atoms with E-state index in [9.17, 15) is 0 Å². The van der Waals surface area contributed by atoms with E-state index in [1.807, 2.05) is 18.2 Å². The summed E-state index contributed by atoms with van der Waals surface area (Å²) in [7, 11) is 0. The van der Waals surface area contributed by atoms with Gasteiger partial charge in [-0.3, -0.25) is 0 Å². The van der Waals surface area contributed by atoms with Gasteiger partial charge >= 0.3 is 0 Å². The van der Waals surface area contributed by atoms with Gasteiger partial charge in [0.15, 0.2) is 5.58 Å².